The van der Waals surface area contributed by atoms with Crippen LogP contribution in [0.2, 0.25) is 0 Å². The van der Waals surface area contributed by atoms with Crippen molar-refractivity contribution in [1.82, 2.24) is 0 Å². The summed E-state index contributed by atoms with van der Waals surface area (Å²) in [6.07, 6.45) is 0. The summed E-state index contributed by atoms with van der Waals surface area (Å²) < 4.78 is 4.90. The lowest BCUT2D eigenvalue weighted by Gasteiger charge is -2.30. The average Bonchev–Trinajstić information content (AvgIpc) is 2.13. The highest BCUT2D eigenvalue weighted by Crippen LogP contribution is 2.18. The first kappa shape index (κ1) is 15.2. The Morgan fingerprint density at radius 2 is 1.94 bits per heavy atom. The van der Waals surface area contributed by atoms with Crippen LogP contribution in [-0.2, 0) is 14.3 Å². The summed E-state index contributed by atoms with van der Waals surface area (Å²) in [5.74, 6) is -2.75. The van der Waals surface area contributed by atoms with Crippen LogP contribution in [0, 0.1) is 0 Å². The van der Waals surface area contributed by atoms with Crippen molar-refractivity contribution < 1.29 is 19.4 Å². The number of carbonyl (C=O) groups excluding carboxylic acids is 1. The molecule has 0 rings (SSSR count). The van der Waals surface area contributed by atoms with Crippen LogP contribution >= 0.6 is 0 Å². The molecule has 0 aliphatic carbocycles. The van der Waals surface area contributed by atoms with Crippen molar-refractivity contribution in [2.75, 3.05) is 0 Å². The van der Waals surface area contributed by atoms with E-state index in [4.69, 9.17) is 21.1 Å². The van der Waals surface area contributed by atoms with Crippen molar-refractivity contribution in [3.05, 3.63) is 10.4 Å². The zero-order chi connectivity index (χ0) is 13.9. The molecule has 0 spiro atoms. The number of hydrogen-bond acceptors (Lipinski definition) is 5. The van der Waals surface area contributed by atoms with Crippen LogP contribution in [0.3, 0.4) is 0 Å². The average molecular weight is 244 g/mol. The molecule has 0 unspecified atom stereocenters. The monoisotopic (exact) mass is 244 g/mol. The predicted molar refractivity (Wildman–Crippen MR) is 59.0 cm³/mol. The maximum Gasteiger partial charge on any atom is 0.338 e. The molecule has 0 bridgehead atoms. The highest BCUT2D eigenvalue weighted by molar-refractivity contribution is 6.05. The molecule has 0 aliphatic heterocycles. The number of aliphatic carboxylic acids is 1. The summed E-state index contributed by atoms with van der Waals surface area (Å²) in [5, 5.41) is 12.1. The zero-order valence-corrected chi connectivity index (χ0v) is 10.2. The third-order valence-corrected chi connectivity index (χ3v) is 1.97. The molecule has 8 heteroatoms. The molecule has 17 heavy (non-hydrogen) atoms. The van der Waals surface area contributed by atoms with E-state index in [9.17, 15) is 9.59 Å². The maximum atomic E-state index is 11.7. The van der Waals surface area contributed by atoms with E-state index in [2.05, 4.69) is 10.0 Å². The normalized spacial score (nSPS) is 16.3. The molecule has 2 atom stereocenters. The minimum atomic E-state index is -2.39. The van der Waals surface area contributed by atoms with Crippen LogP contribution in [0.15, 0.2) is 5.11 Å². The minimum absolute atomic E-state index is 0.882. The third kappa shape index (κ3) is 3.61. The second kappa shape index (κ2) is 5.03. The summed E-state index contributed by atoms with van der Waals surface area (Å²) in [4.78, 5) is 25.2. The van der Waals surface area contributed by atoms with Gasteiger partial charge in [-0.25, -0.2) is 9.59 Å². The fraction of sp³-hybridized carbons (Fsp3) is 0.778. The highest BCUT2D eigenvalue weighted by Gasteiger charge is 2.49. The molecule has 0 radical (unpaired) electrons. The molecular weight excluding hydrogens is 228 g/mol. The van der Waals surface area contributed by atoms with Gasteiger partial charge in [-0.15, -0.1) is 0 Å². The molecule has 0 saturated carbocycles. The Morgan fingerprint density at radius 3 is 2.24 bits per heavy atom. The summed E-state index contributed by atoms with van der Waals surface area (Å²) in [6.45, 7) is 5.96. The van der Waals surface area contributed by atoms with Crippen LogP contribution in [0.4, 0.5) is 0 Å². The number of nitrogens with zero attached hydrogens (tertiary/aromatic N) is 3. The summed E-state index contributed by atoms with van der Waals surface area (Å²) in [6, 6.07) is -1.26. The van der Waals surface area contributed by atoms with E-state index in [1.54, 1.807) is 20.8 Å². The molecule has 0 fully saturated rings. The molecule has 0 aromatic carbocycles. The first-order valence-electron chi connectivity index (χ1n) is 4.85. The van der Waals surface area contributed by atoms with Crippen molar-refractivity contribution in [1.29, 1.82) is 0 Å². The first-order chi connectivity index (χ1) is 7.55. The van der Waals surface area contributed by atoms with Gasteiger partial charge in [0, 0.05) is 4.91 Å². The molecule has 8 nitrogen and oxygen atoms in total. The van der Waals surface area contributed by atoms with Crippen molar-refractivity contribution in [2.24, 2.45) is 10.8 Å². The van der Waals surface area contributed by atoms with E-state index in [-0.39, 0.29) is 0 Å². The van der Waals surface area contributed by atoms with Crippen molar-refractivity contribution in [3.63, 3.8) is 0 Å². The standard InChI is InChI=1S/C9H16N4O4/c1-5(12-13-11)9(10,6(14)15)7(16)17-8(2,3)4/h5H,10H2,1-4H3,(H,14,15)/t5-,9+/m1/s1. The van der Waals surface area contributed by atoms with Crippen LogP contribution in [0.1, 0.15) is 27.7 Å². The lowest BCUT2D eigenvalue weighted by Crippen LogP contribution is -2.63. The van der Waals surface area contributed by atoms with E-state index in [0.29, 0.717) is 0 Å². The fourth-order valence-corrected chi connectivity index (χ4v) is 0.968. The molecule has 0 aliphatic rings. The SMILES string of the molecule is C[C@@H](N=[N+]=[N-])[C@](N)(C(=O)O)C(=O)OC(C)(C)C. The molecule has 0 amide bonds. The number of esters is 1. The molecule has 3 N–H and O–H groups in total. The smallest absolute Gasteiger partial charge is 0.338 e. The number of carboxylic acids is 1. The zero-order valence-electron chi connectivity index (χ0n) is 10.2. The van der Waals surface area contributed by atoms with Gasteiger partial charge in [0.15, 0.2) is 0 Å². The van der Waals surface area contributed by atoms with Gasteiger partial charge in [-0.1, -0.05) is 12.0 Å². The van der Waals surface area contributed by atoms with Gasteiger partial charge in [-0.05, 0) is 26.3 Å². The molecule has 0 aromatic rings. The fourth-order valence-electron chi connectivity index (χ4n) is 0.968. The number of hydrogen-bond donors (Lipinski definition) is 2. The second-order valence-electron chi connectivity index (χ2n) is 4.56. The number of nitrogens with two attached hydrogens (primary N) is 1. The van der Waals surface area contributed by atoms with E-state index in [0.717, 1.165) is 0 Å². The van der Waals surface area contributed by atoms with Crippen LogP contribution in [0.5, 0.6) is 0 Å². The summed E-state index contributed by atoms with van der Waals surface area (Å²) >= 11 is 0. The Bertz CT molecular complexity index is 370. The van der Waals surface area contributed by atoms with Gasteiger partial charge in [0.25, 0.3) is 0 Å². The van der Waals surface area contributed by atoms with E-state index >= 15 is 0 Å². The first-order valence-corrected chi connectivity index (χ1v) is 4.85. The lowest BCUT2D eigenvalue weighted by atomic mass is 9.93. The van der Waals surface area contributed by atoms with Crippen molar-refractivity contribution in [2.45, 2.75) is 44.9 Å². The van der Waals surface area contributed by atoms with Gasteiger partial charge in [0.05, 0.1) is 6.04 Å². The Labute approximate surface area is 98.4 Å². The number of carboxylic acid groups (broad SMARTS) is 1. The predicted octanol–water partition coefficient (Wildman–Crippen LogP) is 0.809. The highest BCUT2D eigenvalue weighted by atomic mass is 16.6. The van der Waals surface area contributed by atoms with Gasteiger partial charge in [0.1, 0.15) is 5.60 Å². The quantitative estimate of drug-likeness (QED) is 0.247. The second-order valence-corrected chi connectivity index (χ2v) is 4.56. The molecule has 0 heterocycles. The molecule has 0 saturated heterocycles. The van der Waals surface area contributed by atoms with Gasteiger partial charge < -0.3 is 15.6 Å². The van der Waals surface area contributed by atoms with Crippen LogP contribution in [0.25, 0.3) is 10.4 Å². The summed E-state index contributed by atoms with van der Waals surface area (Å²) in [7, 11) is 0. The van der Waals surface area contributed by atoms with Gasteiger partial charge in [-0.3, -0.25) is 0 Å². The van der Waals surface area contributed by atoms with Gasteiger partial charge >= 0.3 is 11.9 Å². The van der Waals surface area contributed by atoms with E-state index < -0.39 is 29.1 Å². The van der Waals surface area contributed by atoms with Crippen LogP contribution in [-0.4, -0.2) is 34.2 Å². The Kier molecular flexibility index (Phi) is 4.50. The number of rotatable bonds is 4. The number of ether oxygens (including phenoxy) is 1. The van der Waals surface area contributed by atoms with Gasteiger partial charge in [0.2, 0.25) is 5.54 Å². The molecular formula is C9H16N4O4. The Hall–Kier alpha value is -1.79. The number of carbonyl (C=O) groups is 2. The topological polar surface area (TPSA) is 138 Å². The minimum Gasteiger partial charge on any atom is -0.479 e. The Balaban J connectivity index is 5.29. The number of azide groups is 1. The van der Waals surface area contributed by atoms with Gasteiger partial charge in [-0.2, -0.15) is 0 Å². The van der Waals surface area contributed by atoms with E-state index in [1.165, 1.54) is 6.92 Å². The van der Waals surface area contributed by atoms with Crippen molar-refractivity contribution >= 4 is 11.9 Å². The largest absolute Gasteiger partial charge is 0.479 e. The lowest BCUT2D eigenvalue weighted by molar-refractivity contribution is -0.169. The van der Waals surface area contributed by atoms with Crippen molar-refractivity contribution in [3.8, 4) is 0 Å². The molecule has 96 valence electrons. The third-order valence-electron chi connectivity index (χ3n) is 1.97. The van der Waals surface area contributed by atoms with E-state index in [1.807, 2.05) is 0 Å². The molecule has 0 aromatic heterocycles. The van der Waals surface area contributed by atoms with Crippen LogP contribution < -0.4 is 5.73 Å². The summed E-state index contributed by atoms with van der Waals surface area (Å²) in [5.41, 5.74) is 10.5. The Morgan fingerprint density at radius 1 is 1.47 bits per heavy atom. The maximum absolute atomic E-state index is 11.7.